The molecule has 0 aliphatic carbocycles. The molecule has 0 amide bonds. The van der Waals surface area contributed by atoms with Gasteiger partial charge in [-0.05, 0) is 50.6 Å². The van der Waals surface area contributed by atoms with Gasteiger partial charge in [-0.25, -0.2) is 4.79 Å². The highest BCUT2D eigenvalue weighted by Crippen LogP contribution is 2.28. The van der Waals surface area contributed by atoms with Crippen molar-refractivity contribution in [3.8, 4) is 5.75 Å². The number of aliphatic hydroxyl groups is 6. The minimum absolute atomic E-state index is 0.0953. The van der Waals surface area contributed by atoms with Gasteiger partial charge in [0.05, 0.1) is 24.4 Å². The van der Waals surface area contributed by atoms with E-state index in [-0.39, 0.29) is 13.0 Å². The number of fused-ring (bicyclic) bond motifs is 1. The van der Waals surface area contributed by atoms with Crippen molar-refractivity contribution in [2.75, 3.05) is 13.2 Å². The van der Waals surface area contributed by atoms with Crippen LogP contribution in [0.1, 0.15) is 27.2 Å². The zero-order valence-corrected chi connectivity index (χ0v) is 20.4. The molecule has 7 atom stereocenters. The molecule has 0 unspecified atom stereocenters. The molecule has 1 aromatic heterocycles. The van der Waals surface area contributed by atoms with Crippen LogP contribution in [0.5, 0.6) is 5.75 Å². The summed E-state index contributed by atoms with van der Waals surface area (Å²) in [6, 6.07) is 8.05. The van der Waals surface area contributed by atoms with Crippen LogP contribution < -0.4 is 10.4 Å². The van der Waals surface area contributed by atoms with Crippen molar-refractivity contribution in [1.29, 1.82) is 0 Å². The Balaban J connectivity index is 1.62. The lowest BCUT2D eigenvalue weighted by molar-refractivity contribution is -0.323. The summed E-state index contributed by atoms with van der Waals surface area (Å²) >= 11 is 0. The second kappa shape index (κ2) is 11.8. The largest absolute Gasteiger partial charge is 0.489 e. The van der Waals surface area contributed by atoms with Crippen LogP contribution in [-0.4, -0.2) is 92.4 Å². The first-order chi connectivity index (χ1) is 16.9. The van der Waals surface area contributed by atoms with Crippen LogP contribution in [0.4, 0.5) is 0 Å². The summed E-state index contributed by atoms with van der Waals surface area (Å²) < 4.78 is 21.9. The molecule has 11 heteroatoms. The lowest BCUT2D eigenvalue weighted by Crippen LogP contribution is -2.60. The minimum atomic E-state index is -1.64. The number of hydrogen-bond donors (Lipinski definition) is 6. The lowest BCUT2D eigenvalue weighted by atomic mass is 9.93. The van der Waals surface area contributed by atoms with Gasteiger partial charge in [-0.2, -0.15) is 0 Å². The van der Waals surface area contributed by atoms with Crippen molar-refractivity contribution in [1.82, 2.24) is 0 Å². The number of ether oxygens (including phenoxy) is 3. The molecular formula is C25H34O11. The Morgan fingerprint density at radius 2 is 1.83 bits per heavy atom. The summed E-state index contributed by atoms with van der Waals surface area (Å²) in [4.78, 5) is 11.4. The third kappa shape index (κ3) is 6.90. The van der Waals surface area contributed by atoms with Crippen molar-refractivity contribution < 1.29 is 49.3 Å². The van der Waals surface area contributed by atoms with Gasteiger partial charge in [0.2, 0.25) is 0 Å². The first-order valence-electron chi connectivity index (χ1n) is 11.6. The predicted octanol–water partition coefficient (Wildman–Crippen LogP) is -0.175. The van der Waals surface area contributed by atoms with Gasteiger partial charge in [0.25, 0.3) is 0 Å². The van der Waals surface area contributed by atoms with Crippen molar-refractivity contribution in [2.24, 2.45) is 0 Å². The van der Waals surface area contributed by atoms with E-state index >= 15 is 0 Å². The molecule has 1 aliphatic rings. The molecule has 0 spiro atoms. The predicted molar refractivity (Wildman–Crippen MR) is 127 cm³/mol. The normalized spacial score (nSPS) is 27.1. The highest BCUT2D eigenvalue weighted by molar-refractivity contribution is 5.77. The van der Waals surface area contributed by atoms with Crippen LogP contribution in [0.15, 0.2) is 51.2 Å². The Labute approximate surface area is 207 Å². The van der Waals surface area contributed by atoms with E-state index in [2.05, 4.69) is 0 Å². The molecule has 6 N–H and O–H groups in total. The molecule has 2 aromatic rings. The van der Waals surface area contributed by atoms with Crippen LogP contribution in [-0.2, 0) is 9.47 Å². The van der Waals surface area contributed by atoms with E-state index in [1.807, 2.05) is 0 Å². The summed E-state index contributed by atoms with van der Waals surface area (Å²) in [6.07, 6.45) is -8.00. The van der Waals surface area contributed by atoms with Crippen molar-refractivity contribution in [2.45, 2.75) is 75.7 Å². The average Bonchev–Trinajstić information content (AvgIpc) is 2.82. The maximum atomic E-state index is 11.4. The van der Waals surface area contributed by atoms with Gasteiger partial charge in [0.1, 0.15) is 42.4 Å². The molecule has 0 radical (unpaired) electrons. The maximum absolute atomic E-state index is 11.4. The summed E-state index contributed by atoms with van der Waals surface area (Å²) in [5.74, 6) is 0.468. The maximum Gasteiger partial charge on any atom is 0.336 e. The first-order valence-corrected chi connectivity index (χ1v) is 11.6. The number of hydrogen-bond acceptors (Lipinski definition) is 11. The molecule has 0 saturated carbocycles. The van der Waals surface area contributed by atoms with Crippen LogP contribution in [0.3, 0.4) is 0 Å². The Hall–Kier alpha value is -2.35. The first kappa shape index (κ1) is 28.2. The van der Waals surface area contributed by atoms with E-state index in [1.165, 1.54) is 19.9 Å². The molecule has 2 heterocycles. The van der Waals surface area contributed by atoms with E-state index < -0.39 is 60.7 Å². The number of aliphatic hydroxyl groups excluding tert-OH is 5. The monoisotopic (exact) mass is 510 g/mol. The van der Waals surface area contributed by atoms with Gasteiger partial charge in [-0.1, -0.05) is 0 Å². The SMILES string of the molecule is CC(=CCOc1ccc2ccc(=O)oc2c1)[C@H](O)C[C@@H](O[C@@H]1O[C@H](CO)[C@@H](O)[C@H](O)[C@H]1O)C(C)(C)O. The molecule has 1 aromatic carbocycles. The van der Waals surface area contributed by atoms with Crippen LogP contribution in [0.25, 0.3) is 11.0 Å². The van der Waals surface area contributed by atoms with Gasteiger partial charge < -0.3 is 49.3 Å². The van der Waals surface area contributed by atoms with E-state index in [1.54, 1.807) is 37.3 Å². The zero-order chi connectivity index (χ0) is 26.6. The summed E-state index contributed by atoms with van der Waals surface area (Å²) in [6.45, 7) is 4.06. The highest BCUT2D eigenvalue weighted by Gasteiger charge is 2.46. The number of benzene rings is 1. The molecule has 200 valence electrons. The van der Waals surface area contributed by atoms with Crippen LogP contribution in [0, 0.1) is 0 Å². The van der Waals surface area contributed by atoms with Gasteiger partial charge >= 0.3 is 5.63 Å². The fourth-order valence-corrected chi connectivity index (χ4v) is 3.78. The minimum Gasteiger partial charge on any atom is -0.489 e. The Morgan fingerprint density at radius 1 is 1.14 bits per heavy atom. The van der Waals surface area contributed by atoms with Crippen LogP contribution in [0.2, 0.25) is 0 Å². The molecule has 3 rings (SSSR count). The van der Waals surface area contributed by atoms with Crippen molar-refractivity contribution in [3.05, 3.63) is 52.4 Å². The average molecular weight is 511 g/mol. The topological polar surface area (TPSA) is 179 Å². The Kier molecular flexibility index (Phi) is 9.25. The quantitative estimate of drug-likeness (QED) is 0.184. The summed E-state index contributed by atoms with van der Waals surface area (Å²) in [5, 5.41) is 61.6. The van der Waals surface area contributed by atoms with Gasteiger partial charge in [0.15, 0.2) is 6.29 Å². The molecule has 1 fully saturated rings. The lowest BCUT2D eigenvalue weighted by Gasteiger charge is -2.42. The summed E-state index contributed by atoms with van der Waals surface area (Å²) in [7, 11) is 0. The third-order valence-corrected chi connectivity index (χ3v) is 6.15. The van der Waals surface area contributed by atoms with E-state index in [9.17, 15) is 35.4 Å². The smallest absolute Gasteiger partial charge is 0.336 e. The molecule has 1 aliphatic heterocycles. The van der Waals surface area contributed by atoms with Gasteiger partial charge in [-0.3, -0.25) is 0 Å². The second-order valence-electron chi connectivity index (χ2n) is 9.44. The third-order valence-electron chi connectivity index (χ3n) is 6.15. The second-order valence-corrected chi connectivity index (χ2v) is 9.44. The van der Waals surface area contributed by atoms with Crippen molar-refractivity contribution >= 4 is 11.0 Å². The van der Waals surface area contributed by atoms with E-state index in [0.29, 0.717) is 16.9 Å². The fraction of sp³-hybridized carbons (Fsp3) is 0.560. The van der Waals surface area contributed by atoms with E-state index in [4.69, 9.17) is 18.6 Å². The van der Waals surface area contributed by atoms with Crippen molar-refractivity contribution in [3.63, 3.8) is 0 Å². The molecule has 0 bridgehead atoms. The molecule has 1 saturated heterocycles. The molecular weight excluding hydrogens is 476 g/mol. The highest BCUT2D eigenvalue weighted by atomic mass is 16.7. The van der Waals surface area contributed by atoms with Gasteiger partial charge in [0, 0.05) is 23.9 Å². The molecule has 36 heavy (non-hydrogen) atoms. The summed E-state index contributed by atoms with van der Waals surface area (Å²) in [5.41, 5.74) is -1.04. The Bertz CT molecular complexity index is 1090. The van der Waals surface area contributed by atoms with Gasteiger partial charge in [-0.15, -0.1) is 0 Å². The standard InChI is InChI=1S/C25H34O11/c1-13(8-9-33-15-6-4-14-5-7-20(28)34-17(14)10-15)16(27)11-19(25(2,3)32)36-24-23(31)22(30)21(29)18(12-26)35-24/h4-8,10,16,18-19,21-24,26-27,29-32H,9,11-12H2,1-3H3/t16-,18-,19-,21-,22+,23-,24+/m1/s1. The zero-order valence-electron chi connectivity index (χ0n) is 20.4. The molecule has 11 nitrogen and oxygen atoms in total. The number of rotatable bonds is 10. The van der Waals surface area contributed by atoms with Crippen LogP contribution >= 0.6 is 0 Å². The van der Waals surface area contributed by atoms with E-state index in [0.717, 1.165) is 5.39 Å². The Morgan fingerprint density at radius 3 is 2.50 bits per heavy atom. The fourth-order valence-electron chi connectivity index (χ4n) is 3.78.